The quantitative estimate of drug-likeness (QED) is 0.532. The molecule has 0 spiro atoms. The maximum absolute atomic E-state index is 13.0. The summed E-state index contributed by atoms with van der Waals surface area (Å²) < 4.78 is 10.3. The molecule has 1 amide bonds. The van der Waals surface area contributed by atoms with Gasteiger partial charge in [-0.25, -0.2) is 0 Å². The third kappa shape index (κ3) is 4.60. The topological polar surface area (TPSA) is 93.1 Å². The number of esters is 1. The van der Waals surface area contributed by atoms with Gasteiger partial charge in [0.25, 0.3) is 5.91 Å². The van der Waals surface area contributed by atoms with Gasteiger partial charge in [-0.05, 0) is 47.9 Å². The molecule has 1 aliphatic rings. The SMILES string of the molecule is COc1ccc(N2C(=O)C(O)=C(C(=O)CC(C)C)C2c2ccc(OC(C)=O)cc2)cc1. The van der Waals surface area contributed by atoms with Crippen LogP contribution in [0.1, 0.15) is 38.8 Å². The number of aliphatic hydroxyl groups excluding tert-OH is 1. The van der Waals surface area contributed by atoms with Gasteiger partial charge in [-0.1, -0.05) is 26.0 Å². The van der Waals surface area contributed by atoms with Crippen LogP contribution < -0.4 is 14.4 Å². The number of rotatable bonds is 7. The molecule has 0 radical (unpaired) electrons. The van der Waals surface area contributed by atoms with Gasteiger partial charge >= 0.3 is 5.97 Å². The molecule has 1 aliphatic heterocycles. The summed E-state index contributed by atoms with van der Waals surface area (Å²) in [5, 5.41) is 10.7. The van der Waals surface area contributed by atoms with E-state index in [0.29, 0.717) is 22.7 Å². The summed E-state index contributed by atoms with van der Waals surface area (Å²) in [6, 6.07) is 12.5. The molecule has 7 heteroatoms. The third-order valence-corrected chi connectivity index (χ3v) is 4.91. The third-order valence-electron chi connectivity index (χ3n) is 4.91. The van der Waals surface area contributed by atoms with E-state index in [-0.39, 0.29) is 23.7 Å². The Hall–Kier alpha value is -3.61. The van der Waals surface area contributed by atoms with Crippen molar-refractivity contribution in [1.82, 2.24) is 0 Å². The zero-order valence-electron chi connectivity index (χ0n) is 17.9. The molecule has 0 aliphatic carbocycles. The Kier molecular flexibility index (Phi) is 6.44. The van der Waals surface area contributed by atoms with Gasteiger partial charge in [-0.3, -0.25) is 19.3 Å². The fourth-order valence-corrected chi connectivity index (χ4v) is 3.58. The molecule has 0 aromatic heterocycles. The Bertz CT molecular complexity index is 1020. The Labute approximate surface area is 180 Å². The van der Waals surface area contributed by atoms with Crippen LogP contribution in [-0.4, -0.2) is 29.9 Å². The first kappa shape index (κ1) is 22.1. The number of ketones is 1. The van der Waals surface area contributed by atoms with Gasteiger partial charge in [0.1, 0.15) is 11.5 Å². The maximum atomic E-state index is 13.0. The van der Waals surface area contributed by atoms with Crippen LogP contribution in [-0.2, 0) is 14.4 Å². The van der Waals surface area contributed by atoms with E-state index < -0.39 is 23.7 Å². The number of aliphatic hydroxyl groups is 1. The van der Waals surface area contributed by atoms with E-state index in [2.05, 4.69) is 0 Å². The number of methoxy groups -OCH3 is 1. The minimum Gasteiger partial charge on any atom is -0.503 e. The van der Waals surface area contributed by atoms with Crippen molar-refractivity contribution in [2.75, 3.05) is 12.0 Å². The second-order valence-corrected chi connectivity index (χ2v) is 7.72. The first-order valence-electron chi connectivity index (χ1n) is 9.95. The number of nitrogens with zero attached hydrogens (tertiary/aromatic N) is 1. The lowest BCUT2D eigenvalue weighted by atomic mass is 9.92. The van der Waals surface area contributed by atoms with Gasteiger partial charge in [0, 0.05) is 19.0 Å². The molecule has 1 unspecified atom stereocenters. The predicted molar refractivity (Wildman–Crippen MR) is 115 cm³/mol. The lowest BCUT2D eigenvalue weighted by Gasteiger charge is -2.27. The average molecular weight is 423 g/mol. The van der Waals surface area contributed by atoms with Gasteiger partial charge in [-0.15, -0.1) is 0 Å². The van der Waals surface area contributed by atoms with E-state index in [1.807, 2.05) is 13.8 Å². The highest BCUT2D eigenvalue weighted by molar-refractivity contribution is 6.16. The van der Waals surface area contributed by atoms with E-state index >= 15 is 0 Å². The summed E-state index contributed by atoms with van der Waals surface area (Å²) in [7, 11) is 1.54. The van der Waals surface area contributed by atoms with Crippen LogP contribution in [0.4, 0.5) is 5.69 Å². The Balaban J connectivity index is 2.08. The van der Waals surface area contributed by atoms with Gasteiger partial charge in [0.05, 0.1) is 18.7 Å². The van der Waals surface area contributed by atoms with E-state index in [4.69, 9.17) is 9.47 Å². The van der Waals surface area contributed by atoms with Crippen molar-refractivity contribution in [3.05, 3.63) is 65.4 Å². The van der Waals surface area contributed by atoms with Gasteiger partial charge in [0.15, 0.2) is 11.5 Å². The Morgan fingerprint density at radius 2 is 1.61 bits per heavy atom. The number of carbonyl (C=O) groups is 3. The van der Waals surface area contributed by atoms with Crippen LogP contribution in [0.15, 0.2) is 59.9 Å². The summed E-state index contributed by atoms with van der Waals surface area (Å²) in [5.41, 5.74) is 1.18. The second kappa shape index (κ2) is 9.04. The fourth-order valence-electron chi connectivity index (χ4n) is 3.58. The molecule has 3 rings (SSSR count). The monoisotopic (exact) mass is 423 g/mol. The molecule has 0 bridgehead atoms. The molecular weight excluding hydrogens is 398 g/mol. The number of hydrogen-bond acceptors (Lipinski definition) is 6. The normalized spacial score (nSPS) is 16.1. The van der Waals surface area contributed by atoms with Gasteiger partial charge in [0.2, 0.25) is 0 Å². The summed E-state index contributed by atoms with van der Waals surface area (Å²) in [4.78, 5) is 38.6. The minimum atomic E-state index is -0.807. The molecule has 0 fully saturated rings. The molecule has 0 saturated heterocycles. The molecule has 31 heavy (non-hydrogen) atoms. The van der Waals surface area contributed by atoms with Crippen molar-refractivity contribution in [1.29, 1.82) is 0 Å². The van der Waals surface area contributed by atoms with Crippen LogP contribution in [0, 0.1) is 5.92 Å². The van der Waals surface area contributed by atoms with Crippen molar-refractivity contribution < 1.29 is 29.0 Å². The number of benzene rings is 2. The van der Waals surface area contributed by atoms with Crippen LogP contribution in [0.5, 0.6) is 11.5 Å². The number of anilines is 1. The second-order valence-electron chi connectivity index (χ2n) is 7.72. The highest BCUT2D eigenvalue weighted by atomic mass is 16.5. The summed E-state index contributed by atoms with van der Waals surface area (Å²) in [6.07, 6.45) is 0.200. The van der Waals surface area contributed by atoms with E-state index in [0.717, 1.165) is 0 Å². The van der Waals surface area contributed by atoms with Crippen molar-refractivity contribution >= 4 is 23.3 Å². The molecular formula is C24H25NO6. The molecule has 1 atom stereocenters. The molecule has 162 valence electrons. The molecule has 0 saturated carbocycles. The maximum Gasteiger partial charge on any atom is 0.308 e. The highest BCUT2D eigenvalue weighted by Crippen LogP contribution is 2.42. The van der Waals surface area contributed by atoms with Crippen LogP contribution in [0.2, 0.25) is 0 Å². The highest BCUT2D eigenvalue weighted by Gasteiger charge is 2.44. The van der Waals surface area contributed by atoms with E-state index in [9.17, 15) is 19.5 Å². The first-order valence-corrected chi connectivity index (χ1v) is 9.95. The predicted octanol–water partition coefficient (Wildman–Crippen LogP) is 4.14. The first-order chi connectivity index (χ1) is 14.7. The van der Waals surface area contributed by atoms with Crippen molar-refractivity contribution in [3.8, 4) is 11.5 Å². The van der Waals surface area contributed by atoms with Crippen LogP contribution in [0.25, 0.3) is 0 Å². The number of amides is 1. The largest absolute Gasteiger partial charge is 0.503 e. The Morgan fingerprint density at radius 1 is 1.03 bits per heavy atom. The average Bonchev–Trinajstić information content (AvgIpc) is 2.99. The van der Waals surface area contributed by atoms with Gasteiger partial charge in [-0.2, -0.15) is 0 Å². The van der Waals surface area contributed by atoms with Crippen molar-refractivity contribution in [3.63, 3.8) is 0 Å². The molecule has 2 aromatic rings. The zero-order chi connectivity index (χ0) is 22.7. The number of Topliss-reactive ketones (excluding diaryl/α,β-unsaturated/α-hetero) is 1. The summed E-state index contributed by atoms with van der Waals surface area (Å²) in [5.74, 6) is -0.905. The smallest absolute Gasteiger partial charge is 0.308 e. The molecule has 2 aromatic carbocycles. The summed E-state index contributed by atoms with van der Waals surface area (Å²) in [6.45, 7) is 5.10. The van der Waals surface area contributed by atoms with Crippen LogP contribution >= 0.6 is 0 Å². The van der Waals surface area contributed by atoms with E-state index in [1.54, 1.807) is 55.6 Å². The zero-order valence-corrected chi connectivity index (χ0v) is 17.9. The Morgan fingerprint density at radius 3 is 2.13 bits per heavy atom. The number of carbonyl (C=O) groups excluding carboxylic acids is 3. The van der Waals surface area contributed by atoms with Gasteiger partial charge < -0.3 is 14.6 Å². The van der Waals surface area contributed by atoms with Crippen molar-refractivity contribution in [2.45, 2.75) is 33.2 Å². The number of ether oxygens (including phenoxy) is 2. The fraction of sp³-hybridized carbons (Fsp3) is 0.292. The minimum absolute atomic E-state index is 0.0601. The molecule has 1 N–H and O–H groups in total. The van der Waals surface area contributed by atoms with Crippen molar-refractivity contribution in [2.24, 2.45) is 5.92 Å². The lowest BCUT2D eigenvalue weighted by molar-refractivity contribution is -0.131. The van der Waals surface area contributed by atoms with E-state index in [1.165, 1.54) is 11.8 Å². The number of hydrogen-bond donors (Lipinski definition) is 1. The standard InChI is InChI=1S/C24H25NO6/c1-14(2)13-20(27)21-22(16-5-9-19(10-6-16)31-15(3)26)25(24(29)23(21)28)17-7-11-18(30-4)12-8-17/h5-12,14,22,28H,13H2,1-4H3. The summed E-state index contributed by atoms with van der Waals surface area (Å²) >= 11 is 0. The molecule has 7 nitrogen and oxygen atoms in total. The molecule has 1 heterocycles. The lowest BCUT2D eigenvalue weighted by Crippen LogP contribution is -2.31. The van der Waals surface area contributed by atoms with Crippen LogP contribution in [0.3, 0.4) is 0 Å².